The number of hydrogen-bond acceptors (Lipinski definition) is 2. The zero-order valence-corrected chi connectivity index (χ0v) is 5.51. The Morgan fingerprint density at radius 2 is 2.60 bits per heavy atom. The molecule has 0 atom stereocenters. The number of nitriles is 1. The van der Waals surface area contributed by atoms with Gasteiger partial charge in [0.15, 0.2) is 0 Å². The number of nitrogens with zero attached hydrogens (tertiary/aromatic N) is 1. The molecule has 0 aliphatic carbocycles. The summed E-state index contributed by atoms with van der Waals surface area (Å²) >= 11 is 0. The third-order valence-electron chi connectivity index (χ3n) is 1.08. The highest BCUT2D eigenvalue weighted by Gasteiger charge is 1.96. The lowest BCUT2D eigenvalue weighted by atomic mass is 10.2. The largest absolute Gasteiger partial charge is 0.495 e. The summed E-state index contributed by atoms with van der Waals surface area (Å²) in [6, 6.07) is 4.79. The predicted octanol–water partition coefficient (Wildman–Crippen LogP) is 1.57. The molecular weight excluding hydrogens is 126 g/mol. The highest BCUT2D eigenvalue weighted by Crippen LogP contribution is 2.14. The van der Waals surface area contributed by atoms with Gasteiger partial charge in [0.2, 0.25) is 0 Å². The minimum atomic E-state index is 0.0709. The number of hydrogen-bond donors (Lipinski definition) is 0. The smallest absolute Gasteiger partial charge is 0.136 e. The van der Waals surface area contributed by atoms with Gasteiger partial charge in [0.05, 0.1) is 15.4 Å². The number of methoxy groups -OCH3 is 1. The Morgan fingerprint density at radius 3 is 3.20 bits per heavy atom. The second-order valence-electron chi connectivity index (χ2n) is 1.66. The molecule has 1 aromatic carbocycles. The Bertz CT molecular complexity index is 344. The molecule has 0 amide bonds. The van der Waals surface area contributed by atoms with Crippen molar-refractivity contribution in [3.8, 4) is 11.8 Å². The van der Waals surface area contributed by atoms with Crippen molar-refractivity contribution >= 4 is 0 Å². The Labute approximate surface area is 62.5 Å². The van der Waals surface area contributed by atoms with Crippen molar-refractivity contribution in [2.24, 2.45) is 0 Å². The van der Waals surface area contributed by atoms with Gasteiger partial charge in [-0.25, -0.2) is 0 Å². The van der Waals surface area contributed by atoms with Crippen molar-refractivity contribution in [2.45, 2.75) is 0 Å². The molecule has 0 aliphatic heterocycles. The highest BCUT2D eigenvalue weighted by atomic mass is 16.5. The topological polar surface area (TPSA) is 33.0 Å². The van der Waals surface area contributed by atoms with Gasteiger partial charge >= 0.3 is 0 Å². The zero-order chi connectivity index (χ0) is 9.14. The van der Waals surface area contributed by atoms with Crippen molar-refractivity contribution in [2.75, 3.05) is 7.11 Å². The summed E-state index contributed by atoms with van der Waals surface area (Å²) in [6.45, 7) is 0. The van der Waals surface area contributed by atoms with Gasteiger partial charge < -0.3 is 4.74 Å². The number of para-hydroxylation sites is 1. The molecule has 1 rings (SSSR count). The molecule has 50 valence electrons. The molecule has 1 aromatic rings. The molecule has 2 heteroatoms. The molecule has 0 saturated carbocycles. The maximum absolute atomic E-state index is 8.60. The molecule has 2 nitrogen and oxygen atoms in total. The van der Waals surface area contributed by atoms with Gasteiger partial charge in [0, 0.05) is 0 Å². The van der Waals surface area contributed by atoms with Crippen LogP contribution in [0.4, 0.5) is 0 Å². The molecule has 0 bridgehead atoms. The first kappa shape index (κ1) is 4.35. The summed E-state index contributed by atoms with van der Waals surface area (Å²) in [5, 5.41) is 8.60. The SMILES string of the molecule is [2H]c1cc([2H])c(OC)c(C#N)c1. The number of ether oxygens (including phenoxy) is 1. The summed E-state index contributed by atoms with van der Waals surface area (Å²) in [7, 11) is 1.40. The maximum atomic E-state index is 8.60. The van der Waals surface area contributed by atoms with E-state index in [0.717, 1.165) is 0 Å². The fraction of sp³-hybridized carbons (Fsp3) is 0.125. The Hall–Kier alpha value is -1.49. The molecule has 10 heavy (non-hydrogen) atoms. The minimum absolute atomic E-state index is 0.0709. The van der Waals surface area contributed by atoms with E-state index >= 15 is 0 Å². The van der Waals surface area contributed by atoms with Crippen LogP contribution < -0.4 is 4.74 Å². The van der Waals surface area contributed by atoms with Gasteiger partial charge in [-0.2, -0.15) is 5.26 Å². The van der Waals surface area contributed by atoms with Gasteiger partial charge in [0.1, 0.15) is 11.8 Å². The van der Waals surface area contributed by atoms with Crippen molar-refractivity contribution < 1.29 is 7.48 Å². The fourth-order valence-electron chi connectivity index (χ4n) is 0.627. The van der Waals surface area contributed by atoms with Gasteiger partial charge in [-0.05, 0) is 12.1 Å². The Morgan fingerprint density at radius 1 is 1.80 bits per heavy atom. The van der Waals surface area contributed by atoms with Gasteiger partial charge in [-0.15, -0.1) is 0 Å². The lowest BCUT2D eigenvalue weighted by molar-refractivity contribution is 0.413. The average Bonchev–Trinajstić information content (AvgIpc) is 2.03. The summed E-state index contributed by atoms with van der Waals surface area (Å²) in [5.74, 6) is 0.230. The van der Waals surface area contributed by atoms with Crippen LogP contribution in [0.25, 0.3) is 0 Å². The van der Waals surface area contributed by atoms with Crippen molar-refractivity contribution in [3.05, 3.63) is 29.8 Å². The first-order valence-corrected chi connectivity index (χ1v) is 2.74. The van der Waals surface area contributed by atoms with Crippen LogP contribution >= 0.6 is 0 Å². The van der Waals surface area contributed by atoms with Crippen LogP contribution in [0.5, 0.6) is 5.75 Å². The molecule has 0 saturated heterocycles. The predicted molar refractivity (Wildman–Crippen MR) is 37.7 cm³/mol. The lowest BCUT2D eigenvalue weighted by Gasteiger charge is -1.98. The van der Waals surface area contributed by atoms with Gasteiger partial charge in [-0.3, -0.25) is 0 Å². The second kappa shape index (κ2) is 2.88. The van der Waals surface area contributed by atoms with Gasteiger partial charge in [0.25, 0.3) is 0 Å². The van der Waals surface area contributed by atoms with Gasteiger partial charge in [-0.1, -0.05) is 12.1 Å². The molecule has 0 fully saturated rings. The molecule has 0 N–H and O–H groups in total. The number of rotatable bonds is 1. The van der Waals surface area contributed by atoms with Crippen molar-refractivity contribution in [3.63, 3.8) is 0 Å². The maximum Gasteiger partial charge on any atom is 0.136 e. The third kappa shape index (κ3) is 1.08. The fourth-order valence-corrected chi connectivity index (χ4v) is 0.627. The first-order chi connectivity index (χ1) is 5.69. The molecule has 0 heterocycles. The van der Waals surface area contributed by atoms with E-state index in [1.165, 1.54) is 19.2 Å². The van der Waals surface area contributed by atoms with Crippen LogP contribution in [0.2, 0.25) is 0 Å². The van der Waals surface area contributed by atoms with Crippen molar-refractivity contribution in [1.29, 1.82) is 5.26 Å². The van der Waals surface area contributed by atoms with E-state index in [0.29, 0.717) is 0 Å². The normalized spacial score (nSPS) is 11.2. The van der Waals surface area contributed by atoms with Crippen LogP contribution in [-0.2, 0) is 0 Å². The summed E-state index contributed by atoms with van der Waals surface area (Å²) in [4.78, 5) is 0. The number of benzene rings is 1. The molecule has 0 unspecified atom stereocenters. The molecule has 0 radical (unpaired) electrons. The van der Waals surface area contributed by atoms with Crippen LogP contribution in [0.15, 0.2) is 24.2 Å². The lowest BCUT2D eigenvalue weighted by Crippen LogP contribution is -1.85. The monoisotopic (exact) mass is 135 g/mol. The van der Waals surface area contributed by atoms with E-state index in [9.17, 15) is 0 Å². The first-order valence-electron chi connectivity index (χ1n) is 3.74. The quantitative estimate of drug-likeness (QED) is 0.585. The minimum Gasteiger partial charge on any atom is -0.495 e. The Balaban J connectivity index is 3.36. The average molecular weight is 135 g/mol. The van der Waals surface area contributed by atoms with E-state index in [1.807, 2.05) is 6.07 Å². The standard InChI is InChI=1S/C8H7NO/c1-10-8-5-3-2-4-7(8)6-9/h2-5H,1H3/i2D,5D. The van der Waals surface area contributed by atoms with E-state index in [2.05, 4.69) is 0 Å². The zero-order valence-electron chi connectivity index (χ0n) is 7.51. The van der Waals surface area contributed by atoms with E-state index in [1.54, 1.807) is 0 Å². The summed E-state index contributed by atoms with van der Waals surface area (Å²) in [6.07, 6.45) is 0. The van der Waals surface area contributed by atoms with E-state index in [4.69, 9.17) is 12.7 Å². The summed E-state index contributed by atoms with van der Waals surface area (Å²) < 4.78 is 19.4. The van der Waals surface area contributed by atoms with Crippen LogP contribution in [0.1, 0.15) is 8.30 Å². The van der Waals surface area contributed by atoms with Crippen LogP contribution in [0, 0.1) is 11.3 Å². The van der Waals surface area contributed by atoms with E-state index < -0.39 is 0 Å². The van der Waals surface area contributed by atoms with Crippen molar-refractivity contribution in [1.82, 2.24) is 0 Å². The molecular formula is C8H7NO. The molecule has 0 aliphatic rings. The molecule has 0 spiro atoms. The molecule has 0 aromatic heterocycles. The summed E-state index contributed by atoms with van der Waals surface area (Å²) in [5.41, 5.74) is 0.231. The second-order valence-corrected chi connectivity index (χ2v) is 1.66. The van der Waals surface area contributed by atoms with Crippen LogP contribution in [0.3, 0.4) is 0 Å². The Kier molecular flexibility index (Phi) is 1.25. The highest BCUT2D eigenvalue weighted by molar-refractivity contribution is 5.42. The van der Waals surface area contributed by atoms with E-state index in [-0.39, 0.29) is 23.4 Å². The van der Waals surface area contributed by atoms with Crippen LogP contribution in [-0.4, -0.2) is 7.11 Å². The third-order valence-corrected chi connectivity index (χ3v) is 1.08.